The zero-order chi connectivity index (χ0) is 20.5. The molecule has 4 heterocycles. The van der Waals surface area contributed by atoms with Gasteiger partial charge in [-0.15, -0.1) is 27.8 Å². The lowest BCUT2D eigenvalue weighted by Gasteiger charge is -2.23. The Kier molecular flexibility index (Phi) is 5.56. The van der Waals surface area contributed by atoms with Crippen molar-refractivity contribution >= 4 is 34.9 Å². The van der Waals surface area contributed by atoms with Crippen LogP contribution in [-0.4, -0.2) is 32.9 Å². The average molecular weight is 455 g/mol. The molecule has 0 saturated carbocycles. The van der Waals surface area contributed by atoms with Crippen molar-refractivity contribution in [1.82, 2.24) is 19.2 Å². The van der Waals surface area contributed by atoms with E-state index in [4.69, 9.17) is 22.1 Å². The lowest BCUT2D eigenvalue weighted by Crippen LogP contribution is -2.26. The topological polar surface area (TPSA) is 35.2 Å². The zero-order valence-electron chi connectivity index (χ0n) is 16.6. The third-order valence-electron chi connectivity index (χ3n) is 5.46. The van der Waals surface area contributed by atoms with Gasteiger partial charge >= 0.3 is 0 Å². The molecular formula is C22H22N4OS3. The van der Waals surface area contributed by atoms with E-state index in [0.29, 0.717) is 17.5 Å². The molecule has 4 aromatic rings. The number of hydrogen-bond acceptors (Lipinski definition) is 6. The van der Waals surface area contributed by atoms with Crippen LogP contribution < -0.4 is 4.74 Å². The van der Waals surface area contributed by atoms with Crippen LogP contribution >= 0.6 is 34.9 Å². The Morgan fingerprint density at radius 1 is 1.10 bits per heavy atom. The summed E-state index contributed by atoms with van der Waals surface area (Å²) in [5, 5.41) is 9.20. The summed E-state index contributed by atoms with van der Waals surface area (Å²) in [7, 11) is 1.69. The van der Waals surface area contributed by atoms with Gasteiger partial charge in [-0.2, -0.15) is 0 Å². The average Bonchev–Trinajstić information content (AvgIpc) is 3.56. The van der Waals surface area contributed by atoms with Gasteiger partial charge in [0.2, 0.25) is 4.77 Å². The van der Waals surface area contributed by atoms with E-state index < -0.39 is 0 Å². The Bertz CT molecular complexity index is 1180. The molecule has 1 fully saturated rings. The Hall–Kier alpha value is -2.26. The molecule has 0 bridgehead atoms. The number of benzene rings is 1. The van der Waals surface area contributed by atoms with Gasteiger partial charge in [0.05, 0.1) is 24.3 Å². The standard InChI is InChI=1S/C22H22N4OS3/c1-27-18-9-3-2-7-16(18)26-21(20-11-6-14-30-20)23-25(22(26)28)15-24-12-4-8-17(24)19-10-5-13-29-19/h2-3,5-7,9-11,13-14,17H,4,8,12,15H2,1H3. The Morgan fingerprint density at radius 2 is 1.93 bits per heavy atom. The summed E-state index contributed by atoms with van der Waals surface area (Å²) in [6.07, 6.45) is 2.37. The van der Waals surface area contributed by atoms with E-state index in [1.54, 1.807) is 18.4 Å². The number of aromatic nitrogens is 3. The van der Waals surface area contributed by atoms with Gasteiger partial charge < -0.3 is 4.74 Å². The highest BCUT2D eigenvalue weighted by atomic mass is 32.1. The van der Waals surface area contributed by atoms with Crippen molar-refractivity contribution in [3.63, 3.8) is 0 Å². The number of hydrogen-bond donors (Lipinski definition) is 0. The molecule has 1 aliphatic heterocycles. The molecule has 1 aromatic carbocycles. The second-order valence-corrected chi connectivity index (χ2v) is 9.51. The predicted octanol–water partition coefficient (Wildman–Crippen LogP) is 6.00. The molecule has 30 heavy (non-hydrogen) atoms. The summed E-state index contributed by atoms with van der Waals surface area (Å²) in [6.45, 7) is 1.74. The van der Waals surface area contributed by atoms with Crippen molar-refractivity contribution in [2.24, 2.45) is 0 Å². The second-order valence-electron chi connectivity index (χ2n) is 7.22. The van der Waals surface area contributed by atoms with Crippen LogP contribution in [0.1, 0.15) is 23.8 Å². The minimum Gasteiger partial charge on any atom is -0.495 e. The molecule has 1 aliphatic rings. The normalized spacial score (nSPS) is 16.9. The smallest absolute Gasteiger partial charge is 0.204 e. The minimum atomic E-state index is 0.438. The highest BCUT2D eigenvalue weighted by molar-refractivity contribution is 7.71. The van der Waals surface area contributed by atoms with Gasteiger partial charge in [0, 0.05) is 17.5 Å². The second kappa shape index (κ2) is 8.47. The molecule has 1 unspecified atom stereocenters. The number of ether oxygens (including phenoxy) is 1. The highest BCUT2D eigenvalue weighted by Gasteiger charge is 2.28. The molecule has 154 valence electrons. The number of nitrogens with zero attached hydrogens (tertiary/aromatic N) is 4. The van der Waals surface area contributed by atoms with Crippen LogP contribution in [0.5, 0.6) is 5.75 Å². The Balaban J connectivity index is 1.58. The number of rotatable bonds is 6. The lowest BCUT2D eigenvalue weighted by molar-refractivity contribution is 0.192. The van der Waals surface area contributed by atoms with E-state index in [1.165, 1.54) is 17.7 Å². The van der Waals surface area contributed by atoms with Crippen molar-refractivity contribution < 1.29 is 4.74 Å². The van der Waals surface area contributed by atoms with Crippen LogP contribution in [0.4, 0.5) is 0 Å². The highest BCUT2D eigenvalue weighted by Crippen LogP contribution is 2.36. The summed E-state index contributed by atoms with van der Waals surface area (Å²) >= 11 is 9.43. The molecule has 0 radical (unpaired) electrons. The first-order chi connectivity index (χ1) is 14.8. The Morgan fingerprint density at radius 3 is 2.70 bits per heavy atom. The van der Waals surface area contributed by atoms with Gasteiger partial charge in [-0.1, -0.05) is 24.3 Å². The molecule has 8 heteroatoms. The first-order valence-corrected chi connectivity index (χ1v) is 12.1. The number of thiophene rings is 2. The lowest BCUT2D eigenvalue weighted by atomic mass is 10.2. The van der Waals surface area contributed by atoms with Gasteiger partial charge in [-0.25, -0.2) is 4.68 Å². The third-order valence-corrected chi connectivity index (χ3v) is 7.69. The van der Waals surface area contributed by atoms with Crippen LogP contribution in [0, 0.1) is 4.77 Å². The van der Waals surface area contributed by atoms with Crippen LogP contribution in [0.25, 0.3) is 16.4 Å². The summed E-state index contributed by atoms with van der Waals surface area (Å²) in [6, 6.07) is 16.9. The SMILES string of the molecule is COc1ccccc1-n1c(-c2cccs2)nn(CN2CCCC2c2cccs2)c1=S. The van der Waals surface area contributed by atoms with Crippen molar-refractivity contribution in [1.29, 1.82) is 0 Å². The maximum Gasteiger partial charge on any atom is 0.204 e. The van der Waals surface area contributed by atoms with E-state index in [2.05, 4.69) is 33.9 Å². The number of likely N-dealkylation sites (tertiary alicyclic amines) is 1. The molecular weight excluding hydrogens is 432 g/mol. The van der Waals surface area contributed by atoms with E-state index in [-0.39, 0.29) is 0 Å². The molecule has 1 saturated heterocycles. The summed E-state index contributed by atoms with van der Waals surface area (Å²) < 4.78 is 10.3. The molecule has 0 aliphatic carbocycles. The van der Waals surface area contributed by atoms with Crippen LogP contribution in [0.2, 0.25) is 0 Å². The molecule has 5 rings (SSSR count). The van der Waals surface area contributed by atoms with Crippen molar-refractivity contribution in [3.8, 4) is 22.1 Å². The molecule has 3 aromatic heterocycles. The van der Waals surface area contributed by atoms with E-state index in [9.17, 15) is 0 Å². The fourth-order valence-corrected chi connectivity index (χ4v) is 5.94. The van der Waals surface area contributed by atoms with Gasteiger partial charge in [-0.05, 0) is 60.1 Å². The first kappa shape index (κ1) is 19.7. The van der Waals surface area contributed by atoms with Gasteiger partial charge in [0.1, 0.15) is 5.75 Å². The van der Waals surface area contributed by atoms with E-state index in [1.807, 2.05) is 50.9 Å². The maximum absolute atomic E-state index is 5.94. The number of para-hydroxylation sites is 2. The number of methoxy groups -OCH3 is 1. The fraction of sp³-hybridized carbons (Fsp3) is 0.273. The maximum atomic E-state index is 5.94. The molecule has 0 spiro atoms. The third kappa shape index (κ3) is 3.54. The first-order valence-electron chi connectivity index (χ1n) is 9.91. The largest absolute Gasteiger partial charge is 0.495 e. The van der Waals surface area contributed by atoms with Gasteiger partial charge in [0.25, 0.3) is 0 Å². The minimum absolute atomic E-state index is 0.438. The van der Waals surface area contributed by atoms with Crippen molar-refractivity contribution in [2.75, 3.05) is 13.7 Å². The summed E-state index contributed by atoms with van der Waals surface area (Å²) in [5.74, 6) is 1.63. The molecule has 0 N–H and O–H groups in total. The molecule has 0 amide bonds. The van der Waals surface area contributed by atoms with Crippen molar-refractivity contribution in [2.45, 2.75) is 25.6 Å². The van der Waals surface area contributed by atoms with Crippen molar-refractivity contribution in [3.05, 3.63) is 68.9 Å². The van der Waals surface area contributed by atoms with Gasteiger partial charge in [0.15, 0.2) is 5.82 Å². The van der Waals surface area contributed by atoms with Crippen LogP contribution in [-0.2, 0) is 6.67 Å². The molecule has 1 atom stereocenters. The van der Waals surface area contributed by atoms with E-state index >= 15 is 0 Å². The quantitative estimate of drug-likeness (QED) is 0.335. The summed E-state index contributed by atoms with van der Waals surface area (Å²) in [4.78, 5) is 4.99. The zero-order valence-corrected chi connectivity index (χ0v) is 19.1. The predicted molar refractivity (Wildman–Crippen MR) is 125 cm³/mol. The van der Waals surface area contributed by atoms with Crippen LogP contribution in [0.15, 0.2) is 59.3 Å². The van der Waals surface area contributed by atoms with Gasteiger partial charge in [-0.3, -0.25) is 9.47 Å². The molecule has 5 nitrogen and oxygen atoms in total. The summed E-state index contributed by atoms with van der Waals surface area (Å²) in [5.41, 5.74) is 0.913. The Labute approximate surface area is 188 Å². The monoisotopic (exact) mass is 454 g/mol. The van der Waals surface area contributed by atoms with E-state index in [0.717, 1.165) is 28.7 Å². The fourth-order valence-electron chi connectivity index (χ4n) is 4.07. The van der Waals surface area contributed by atoms with Crippen LogP contribution in [0.3, 0.4) is 0 Å².